The van der Waals surface area contributed by atoms with Gasteiger partial charge in [0.2, 0.25) is 11.9 Å². The average molecular weight is 221 g/mol. The molecule has 1 aliphatic rings. The van der Waals surface area contributed by atoms with Crippen LogP contribution in [0.15, 0.2) is 10.9 Å². The van der Waals surface area contributed by atoms with E-state index in [-0.39, 0.29) is 22.8 Å². The van der Waals surface area contributed by atoms with E-state index in [9.17, 15) is 9.59 Å². The molecule has 5 nitrogen and oxygen atoms in total. The summed E-state index contributed by atoms with van der Waals surface area (Å²) >= 11 is 0. The van der Waals surface area contributed by atoms with Gasteiger partial charge in [0.1, 0.15) is 0 Å². The van der Waals surface area contributed by atoms with Crippen LogP contribution in [-0.4, -0.2) is 15.9 Å². The number of aromatic nitrogens is 2. The van der Waals surface area contributed by atoms with Crippen molar-refractivity contribution in [2.75, 3.05) is 5.32 Å². The van der Waals surface area contributed by atoms with Gasteiger partial charge in [-0.15, -0.1) is 0 Å². The fourth-order valence-electron chi connectivity index (χ4n) is 1.83. The molecule has 0 unspecified atom stereocenters. The largest absolute Gasteiger partial charge is 0.296 e. The Morgan fingerprint density at radius 2 is 2.25 bits per heavy atom. The van der Waals surface area contributed by atoms with Gasteiger partial charge in [0.05, 0.1) is 0 Å². The van der Waals surface area contributed by atoms with Crippen LogP contribution < -0.4 is 10.9 Å². The monoisotopic (exact) mass is 221 g/mol. The highest BCUT2D eigenvalue weighted by Gasteiger charge is 2.39. The zero-order valence-electron chi connectivity index (χ0n) is 9.46. The van der Waals surface area contributed by atoms with Gasteiger partial charge in [-0.3, -0.25) is 19.9 Å². The topological polar surface area (TPSA) is 74.8 Å². The second-order valence-corrected chi connectivity index (χ2v) is 4.60. The molecular formula is C11H15N3O2. The van der Waals surface area contributed by atoms with E-state index in [1.54, 1.807) is 6.92 Å². The third-order valence-corrected chi connectivity index (χ3v) is 3.11. The molecule has 1 saturated carbocycles. The lowest BCUT2D eigenvalue weighted by Gasteiger charge is -2.36. The van der Waals surface area contributed by atoms with E-state index in [0.717, 1.165) is 19.3 Å². The van der Waals surface area contributed by atoms with Gasteiger partial charge in [0.15, 0.2) is 0 Å². The number of rotatable bonds is 2. The van der Waals surface area contributed by atoms with Crippen molar-refractivity contribution in [1.82, 2.24) is 9.97 Å². The van der Waals surface area contributed by atoms with Crippen molar-refractivity contribution in [2.45, 2.75) is 33.1 Å². The molecule has 0 radical (unpaired) electrons. The highest BCUT2D eigenvalue weighted by Crippen LogP contribution is 2.40. The maximum Gasteiger partial charge on any atom is 0.252 e. The Labute approximate surface area is 93.3 Å². The summed E-state index contributed by atoms with van der Waals surface area (Å²) in [4.78, 5) is 29.6. The average Bonchev–Trinajstić information content (AvgIpc) is 2.12. The van der Waals surface area contributed by atoms with Gasteiger partial charge in [-0.25, -0.2) is 4.98 Å². The number of anilines is 1. The van der Waals surface area contributed by atoms with E-state index in [2.05, 4.69) is 15.3 Å². The minimum atomic E-state index is -0.289. The predicted octanol–water partition coefficient (Wildman–Crippen LogP) is 1.21. The van der Waals surface area contributed by atoms with Crippen LogP contribution in [0.3, 0.4) is 0 Å². The first-order valence-electron chi connectivity index (χ1n) is 5.39. The molecule has 1 amide bonds. The Kier molecular flexibility index (Phi) is 2.53. The Bertz CT molecular complexity index is 474. The number of aryl methyl sites for hydroxylation is 1. The quantitative estimate of drug-likeness (QED) is 0.788. The highest BCUT2D eigenvalue weighted by molar-refractivity contribution is 5.94. The van der Waals surface area contributed by atoms with Crippen LogP contribution >= 0.6 is 0 Å². The Balaban J connectivity index is 2.14. The van der Waals surface area contributed by atoms with E-state index in [4.69, 9.17) is 0 Å². The zero-order chi connectivity index (χ0) is 11.8. The predicted molar refractivity (Wildman–Crippen MR) is 60.2 cm³/mol. The standard InChI is InChI=1S/C11H15N3O2/c1-7-6-8(15)13-10(12-7)14-9(16)11(2)4-3-5-11/h6H,3-5H2,1-2H3,(H2,12,13,14,15,16). The van der Waals surface area contributed by atoms with E-state index >= 15 is 0 Å². The smallest absolute Gasteiger partial charge is 0.252 e. The molecule has 0 aliphatic heterocycles. The summed E-state index contributed by atoms with van der Waals surface area (Å²) in [7, 11) is 0. The van der Waals surface area contributed by atoms with Gasteiger partial charge in [-0.2, -0.15) is 0 Å². The second kappa shape index (κ2) is 3.73. The first-order valence-corrected chi connectivity index (χ1v) is 5.39. The minimum Gasteiger partial charge on any atom is -0.296 e. The molecular weight excluding hydrogens is 206 g/mol. The molecule has 1 aliphatic carbocycles. The van der Waals surface area contributed by atoms with Crippen molar-refractivity contribution in [2.24, 2.45) is 5.41 Å². The summed E-state index contributed by atoms with van der Waals surface area (Å²) < 4.78 is 0. The van der Waals surface area contributed by atoms with Crippen molar-refractivity contribution < 1.29 is 4.79 Å². The van der Waals surface area contributed by atoms with Gasteiger partial charge in [0, 0.05) is 17.2 Å². The van der Waals surface area contributed by atoms with Crippen LogP contribution in [0.5, 0.6) is 0 Å². The third kappa shape index (κ3) is 1.98. The fourth-order valence-corrected chi connectivity index (χ4v) is 1.83. The summed E-state index contributed by atoms with van der Waals surface area (Å²) in [5.74, 6) is 0.177. The Morgan fingerprint density at radius 3 is 2.75 bits per heavy atom. The number of hydrogen-bond acceptors (Lipinski definition) is 3. The molecule has 0 aromatic carbocycles. The molecule has 1 fully saturated rings. The summed E-state index contributed by atoms with van der Waals surface area (Å²) in [5, 5.41) is 2.66. The fraction of sp³-hybridized carbons (Fsp3) is 0.545. The lowest BCUT2D eigenvalue weighted by molar-refractivity contribution is -0.128. The number of aromatic amines is 1. The Hall–Kier alpha value is -1.65. The van der Waals surface area contributed by atoms with E-state index < -0.39 is 0 Å². The lowest BCUT2D eigenvalue weighted by Crippen LogP contribution is -2.39. The number of amides is 1. The van der Waals surface area contributed by atoms with Crippen LogP contribution in [-0.2, 0) is 4.79 Å². The van der Waals surface area contributed by atoms with E-state index in [0.29, 0.717) is 5.69 Å². The van der Waals surface area contributed by atoms with Crippen molar-refractivity contribution in [3.05, 3.63) is 22.1 Å². The second-order valence-electron chi connectivity index (χ2n) is 4.60. The van der Waals surface area contributed by atoms with Crippen molar-refractivity contribution >= 4 is 11.9 Å². The molecule has 0 bridgehead atoms. The molecule has 2 rings (SSSR count). The molecule has 5 heteroatoms. The van der Waals surface area contributed by atoms with Gasteiger partial charge in [-0.1, -0.05) is 13.3 Å². The van der Waals surface area contributed by atoms with Gasteiger partial charge < -0.3 is 0 Å². The van der Waals surface area contributed by atoms with Crippen LogP contribution in [0.4, 0.5) is 5.95 Å². The summed E-state index contributed by atoms with van der Waals surface area (Å²) in [6.45, 7) is 3.65. The number of nitrogens with zero attached hydrogens (tertiary/aromatic N) is 1. The lowest BCUT2D eigenvalue weighted by atomic mass is 9.70. The van der Waals surface area contributed by atoms with Gasteiger partial charge >= 0.3 is 0 Å². The number of nitrogens with one attached hydrogen (secondary N) is 2. The first kappa shape index (κ1) is 10.9. The third-order valence-electron chi connectivity index (χ3n) is 3.11. The number of carbonyl (C=O) groups is 1. The molecule has 2 N–H and O–H groups in total. The molecule has 0 atom stereocenters. The molecule has 86 valence electrons. The summed E-state index contributed by atoms with van der Waals surface area (Å²) in [6.07, 6.45) is 2.88. The van der Waals surface area contributed by atoms with Crippen LogP contribution in [0.1, 0.15) is 31.9 Å². The van der Waals surface area contributed by atoms with Crippen LogP contribution in [0.2, 0.25) is 0 Å². The van der Waals surface area contributed by atoms with Gasteiger partial charge in [-0.05, 0) is 19.8 Å². The zero-order valence-corrected chi connectivity index (χ0v) is 9.46. The summed E-state index contributed by atoms with van der Waals surface area (Å²) in [6, 6.07) is 1.39. The minimum absolute atomic E-state index is 0.0625. The van der Waals surface area contributed by atoms with Crippen molar-refractivity contribution in [3.8, 4) is 0 Å². The van der Waals surface area contributed by atoms with Gasteiger partial charge in [0.25, 0.3) is 5.56 Å². The maximum absolute atomic E-state index is 11.9. The van der Waals surface area contributed by atoms with E-state index in [1.807, 2.05) is 6.92 Å². The molecule has 1 aromatic heterocycles. The molecule has 1 aromatic rings. The van der Waals surface area contributed by atoms with Crippen LogP contribution in [0, 0.1) is 12.3 Å². The van der Waals surface area contributed by atoms with Crippen molar-refractivity contribution in [3.63, 3.8) is 0 Å². The number of H-pyrrole nitrogens is 1. The Morgan fingerprint density at radius 1 is 1.56 bits per heavy atom. The van der Waals surface area contributed by atoms with E-state index in [1.165, 1.54) is 6.07 Å². The molecule has 0 saturated heterocycles. The molecule has 0 spiro atoms. The first-order chi connectivity index (χ1) is 7.49. The number of carbonyl (C=O) groups excluding carboxylic acids is 1. The SMILES string of the molecule is Cc1cc(=O)[nH]c(NC(=O)C2(C)CCC2)n1. The highest BCUT2D eigenvalue weighted by atomic mass is 16.2. The van der Waals surface area contributed by atoms with Crippen LogP contribution in [0.25, 0.3) is 0 Å². The molecule has 1 heterocycles. The molecule has 16 heavy (non-hydrogen) atoms. The number of hydrogen-bond donors (Lipinski definition) is 2. The van der Waals surface area contributed by atoms with Crippen molar-refractivity contribution in [1.29, 1.82) is 0 Å². The summed E-state index contributed by atoms with van der Waals surface area (Å²) in [5.41, 5.74) is 0.0573. The normalized spacial score (nSPS) is 17.6. The maximum atomic E-state index is 11.9.